The second-order valence-corrected chi connectivity index (χ2v) is 11.0. The third-order valence-electron chi connectivity index (χ3n) is 7.92. The number of nitrogens with zero attached hydrogens (tertiary/aromatic N) is 5. The van der Waals surface area contributed by atoms with Crippen LogP contribution in [-0.4, -0.2) is 92.9 Å². The van der Waals surface area contributed by atoms with Gasteiger partial charge in [0, 0.05) is 63.1 Å². The molecule has 3 aliphatic rings. The van der Waals surface area contributed by atoms with Gasteiger partial charge in [0.15, 0.2) is 5.65 Å². The van der Waals surface area contributed by atoms with Crippen LogP contribution in [-0.2, 0) is 20.8 Å². The monoisotopic (exact) mass is 548 g/mol. The van der Waals surface area contributed by atoms with E-state index in [1.807, 2.05) is 6.07 Å². The van der Waals surface area contributed by atoms with Gasteiger partial charge in [0.25, 0.3) is 0 Å². The Morgan fingerprint density at radius 3 is 2.40 bits per heavy atom. The Hall–Kier alpha value is -3.05. The molecule has 0 amide bonds. The maximum absolute atomic E-state index is 5.98. The van der Waals surface area contributed by atoms with Crippen molar-refractivity contribution in [2.24, 2.45) is 0 Å². The minimum absolute atomic E-state index is 0.113. The molecule has 2 unspecified atom stereocenters. The van der Waals surface area contributed by atoms with Crippen molar-refractivity contribution in [3.05, 3.63) is 35.9 Å². The van der Waals surface area contributed by atoms with Crippen LogP contribution in [0, 0.1) is 0 Å². The first kappa shape index (κ1) is 27.1. The van der Waals surface area contributed by atoms with Crippen LogP contribution >= 0.6 is 0 Å². The molecule has 10 heteroatoms. The van der Waals surface area contributed by atoms with Gasteiger partial charge in [-0.05, 0) is 57.0 Å². The van der Waals surface area contributed by atoms with E-state index in [1.54, 1.807) is 7.11 Å². The molecule has 2 atom stereocenters. The van der Waals surface area contributed by atoms with E-state index in [1.165, 1.54) is 0 Å². The second-order valence-electron chi connectivity index (χ2n) is 11.0. The molecule has 3 aromatic rings. The maximum atomic E-state index is 5.98. The lowest BCUT2D eigenvalue weighted by Gasteiger charge is -2.36. The van der Waals surface area contributed by atoms with Crippen LogP contribution < -0.4 is 19.9 Å². The number of methoxy groups -OCH3 is 1. The van der Waals surface area contributed by atoms with Crippen molar-refractivity contribution in [1.29, 1.82) is 0 Å². The molecule has 0 saturated carbocycles. The van der Waals surface area contributed by atoms with Crippen molar-refractivity contribution < 1.29 is 18.9 Å². The van der Waals surface area contributed by atoms with Crippen LogP contribution in [0.3, 0.4) is 0 Å². The Kier molecular flexibility index (Phi) is 8.29. The van der Waals surface area contributed by atoms with Gasteiger partial charge in [0.1, 0.15) is 11.6 Å². The molecule has 1 N–H and O–H groups in total. The number of pyridine rings is 1. The summed E-state index contributed by atoms with van der Waals surface area (Å²) in [6.07, 6.45) is 2.29. The van der Waals surface area contributed by atoms with E-state index in [0.717, 1.165) is 92.6 Å². The van der Waals surface area contributed by atoms with Gasteiger partial charge in [-0.15, -0.1) is 0 Å². The second kappa shape index (κ2) is 12.2. The summed E-state index contributed by atoms with van der Waals surface area (Å²) in [7, 11) is 1.72. The van der Waals surface area contributed by atoms with Gasteiger partial charge in [-0.2, -0.15) is 9.97 Å². The summed E-state index contributed by atoms with van der Waals surface area (Å²) in [4.78, 5) is 19.7. The Balaban J connectivity index is 1.35. The standard InChI is InChI=1S/C30H40N6O4/c1-20-18-36(19-21(2)40-20)30-33-28-25(29(34-30)35-10-14-39-15-11-35)5-6-26(32-28)22-4-7-27(37-3)23(16-22)17-31-24-8-12-38-13-9-24/h4-7,16,20-21,24,31H,8-15,17-19H2,1-3H3. The molecule has 1 aromatic carbocycles. The van der Waals surface area contributed by atoms with E-state index in [2.05, 4.69) is 53.2 Å². The number of hydrogen-bond donors (Lipinski definition) is 1. The van der Waals surface area contributed by atoms with Gasteiger partial charge in [0.05, 0.1) is 43.6 Å². The lowest BCUT2D eigenvalue weighted by atomic mass is 10.0. The quantitative estimate of drug-likeness (QED) is 0.473. The molecular weight excluding hydrogens is 508 g/mol. The summed E-state index contributed by atoms with van der Waals surface area (Å²) in [5, 5.41) is 4.64. The number of rotatable bonds is 7. The highest BCUT2D eigenvalue weighted by Gasteiger charge is 2.27. The van der Waals surface area contributed by atoms with Crippen molar-refractivity contribution >= 4 is 22.8 Å². The molecule has 2 aromatic heterocycles. The van der Waals surface area contributed by atoms with E-state index >= 15 is 0 Å². The number of morpholine rings is 2. The molecule has 5 heterocycles. The van der Waals surface area contributed by atoms with Gasteiger partial charge in [-0.3, -0.25) is 0 Å². The number of anilines is 2. The first-order valence-electron chi connectivity index (χ1n) is 14.5. The molecule has 3 fully saturated rings. The molecule has 3 saturated heterocycles. The fourth-order valence-electron chi connectivity index (χ4n) is 5.87. The zero-order valence-corrected chi connectivity index (χ0v) is 23.8. The molecule has 214 valence electrons. The molecule has 3 aliphatic heterocycles. The van der Waals surface area contributed by atoms with E-state index in [9.17, 15) is 0 Å². The van der Waals surface area contributed by atoms with Gasteiger partial charge in [0.2, 0.25) is 5.95 Å². The molecule has 0 spiro atoms. The highest BCUT2D eigenvalue weighted by atomic mass is 16.5. The lowest BCUT2D eigenvalue weighted by Crippen LogP contribution is -2.46. The van der Waals surface area contributed by atoms with Crippen molar-refractivity contribution in [3.8, 4) is 17.0 Å². The predicted molar refractivity (Wildman–Crippen MR) is 155 cm³/mol. The zero-order valence-electron chi connectivity index (χ0n) is 23.8. The van der Waals surface area contributed by atoms with Gasteiger partial charge >= 0.3 is 0 Å². The topological polar surface area (TPSA) is 94.1 Å². The summed E-state index contributed by atoms with van der Waals surface area (Å²) in [6.45, 7) is 11.0. The molecule has 10 nitrogen and oxygen atoms in total. The molecule has 0 aliphatic carbocycles. The van der Waals surface area contributed by atoms with Crippen LogP contribution in [0.1, 0.15) is 32.3 Å². The first-order valence-corrected chi connectivity index (χ1v) is 14.5. The highest BCUT2D eigenvalue weighted by molar-refractivity contribution is 5.90. The third kappa shape index (κ3) is 6.00. The molecule has 6 rings (SSSR count). The van der Waals surface area contributed by atoms with E-state index in [-0.39, 0.29) is 12.2 Å². The Morgan fingerprint density at radius 2 is 1.65 bits per heavy atom. The average molecular weight is 549 g/mol. The van der Waals surface area contributed by atoms with E-state index < -0.39 is 0 Å². The summed E-state index contributed by atoms with van der Waals surface area (Å²) in [5.41, 5.74) is 3.73. The summed E-state index contributed by atoms with van der Waals surface area (Å²) >= 11 is 0. The third-order valence-corrected chi connectivity index (χ3v) is 7.92. The lowest BCUT2D eigenvalue weighted by molar-refractivity contribution is -0.00570. The number of fused-ring (bicyclic) bond motifs is 1. The number of aromatic nitrogens is 3. The molecule has 0 bridgehead atoms. The number of nitrogens with one attached hydrogen (secondary N) is 1. The minimum atomic E-state index is 0.113. The minimum Gasteiger partial charge on any atom is -0.496 e. The highest BCUT2D eigenvalue weighted by Crippen LogP contribution is 2.31. The predicted octanol–water partition coefficient (Wildman–Crippen LogP) is 3.42. The largest absolute Gasteiger partial charge is 0.496 e. The van der Waals surface area contributed by atoms with Crippen molar-refractivity contribution in [2.45, 2.75) is 51.5 Å². The van der Waals surface area contributed by atoms with Crippen LogP contribution in [0.15, 0.2) is 30.3 Å². The summed E-state index contributed by atoms with van der Waals surface area (Å²) in [6, 6.07) is 10.9. The van der Waals surface area contributed by atoms with Crippen LogP contribution in [0.4, 0.5) is 11.8 Å². The normalized spacial score (nSPS) is 22.6. The van der Waals surface area contributed by atoms with Crippen molar-refractivity contribution in [1.82, 2.24) is 20.3 Å². The maximum Gasteiger partial charge on any atom is 0.229 e. The Morgan fingerprint density at radius 1 is 0.900 bits per heavy atom. The Labute approximate surface area is 236 Å². The van der Waals surface area contributed by atoms with Crippen molar-refractivity contribution in [2.75, 3.05) is 69.5 Å². The van der Waals surface area contributed by atoms with E-state index in [0.29, 0.717) is 30.9 Å². The Bertz CT molecular complexity index is 1300. The summed E-state index contributed by atoms with van der Waals surface area (Å²) in [5.74, 6) is 2.50. The van der Waals surface area contributed by atoms with Crippen LogP contribution in [0.25, 0.3) is 22.3 Å². The van der Waals surface area contributed by atoms with Gasteiger partial charge in [-0.1, -0.05) is 0 Å². The smallest absolute Gasteiger partial charge is 0.229 e. The zero-order chi connectivity index (χ0) is 27.5. The fraction of sp³-hybridized carbons (Fsp3) is 0.567. The van der Waals surface area contributed by atoms with Crippen LogP contribution in [0.2, 0.25) is 0 Å². The van der Waals surface area contributed by atoms with Crippen molar-refractivity contribution in [3.63, 3.8) is 0 Å². The number of benzene rings is 1. The SMILES string of the molecule is COc1ccc(-c2ccc3c(N4CCOCC4)nc(N4CC(C)OC(C)C4)nc3n2)cc1CNC1CCOCC1. The van der Waals surface area contributed by atoms with Crippen LogP contribution in [0.5, 0.6) is 5.75 Å². The molecule has 40 heavy (non-hydrogen) atoms. The summed E-state index contributed by atoms with van der Waals surface area (Å²) < 4.78 is 22.8. The van der Waals surface area contributed by atoms with Gasteiger partial charge < -0.3 is 34.1 Å². The van der Waals surface area contributed by atoms with Gasteiger partial charge in [-0.25, -0.2) is 4.98 Å². The first-order chi connectivity index (χ1) is 19.6. The molecular formula is C30H40N6O4. The number of hydrogen-bond acceptors (Lipinski definition) is 10. The number of ether oxygens (including phenoxy) is 4. The average Bonchev–Trinajstić information content (AvgIpc) is 2.99. The fourth-order valence-corrected chi connectivity index (χ4v) is 5.87. The molecule has 0 radical (unpaired) electrons. The van der Waals surface area contributed by atoms with E-state index in [4.69, 9.17) is 33.9 Å².